The summed E-state index contributed by atoms with van der Waals surface area (Å²) in [7, 11) is 0.618. The third-order valence-electron chi connectivity index (χ3n) is 5.35. The lowest BCUT2D eigenvalue weighted by Crippen LogP contribution is -2.37. The Kier molecular flexibility index (Phi) is 9.04. The van der Waals surface area contributed by atoms with Crippen LogP contribution in [0.3, 0.4) is 0 Å². The minimum absolute atomic E-state index is 0. The molecule has 180 valence electrons. The van der Waals surface area contributed by atoms with Crippen molar-refractivity contribution in [1.29, 1.82) is 0 Å². The minimum atomic E-state index is -3.33. The van der Waals surface area contributed by atoms with Gasteiger partial charge in [0.1, 0.15) is 0 Å². The Morgan fingerprint density at radius 1 is 1.06 bits per heavy atom. The summed E-state index contributed by atoms with van der Waals surface area (Å²) in [5, 5.41) is 0.210. The molecule has 0 saturated heterocycles. The number of anilines is 1. The fourth-order valence-corrected chi connectivity index (χ4v) is 5.69. The van der Waals surface area contributed by atoms with Gasteiger partial charge in [0.25, 0.3) is 0 Å². The summed E-state index contributed by atoms with van der Waals surface area (Å²) in [5.74, 6) is -0.0558. The molecule has 0 saturated carbocycles. The lowest BCUT2D eigenvalue weighted by Gasteiger charge is -2.22. The average molecular weight is 510 g/mol. The molecule has 0 N–H and O–H groups in total. The smallest absolute Gasteiger partial charge is 0.233 e. The van der Waals surface area contributed by atoms with E-state index in [4.69, 9.17) is 4.98 Å². The Labute approximate surface area is 207 Å². The predicted octanol–water partition coefficient (Wildman–Crippen LogP) is 4.65. The highest BCUT2D eigenvalue weighted by Crippen LogP contribution is 2.32. The maximum absolute atomic E-state index is 13.3. The first-order chi connectivity index (χ1) is 15.0. The van der Waals surface area contributed by atoms with Gasteiger partial charge in [-0.2, -0.15) is 0 Å². The fraction of sp³-hybridized carbons (Fsp3) is 0.417. The van der Waals surface area contributed by atoms with Crippen molar-refractivity contribution in [2.24, 2.45) is 0 Å². The standard InChI is InChI=1S/C24H31N3O3S2.ClH/c1-16(2)32(29,30)20-9-7-19(8-10-20)15-22(28)27(12-11-26(5)6)24-25-23-18(4)13-17(3)14-21(23)31-24;/h7-10,13-14,16H,11-12,15H2,1-6H3;1H. The van der Waals surface area contributed by atoms with Gasteiger partial charge < -0.3 is 4.90 Å². The molecule has 0 radical (unpaired) electrons. The highest BCUT2D eigenvalue weighted by molar-refractivity contribution is 7.92. The molecule has 6 nitrogen and oxygen atoms in total. The van der Waals surface area contributed by atoms with Crippen LogP contribution in [0.25, 0.3) is 10.2 Å². The summed E-state index contributed by atoms with van der Waals surface area (Å²) in [6.07, 6.45) is 0.184. The predicted molar refractivity (Wildman–Crippen MR) is 140 cm³/mol. The van der Waals surface area contributed by atoms with Crippen molar-refractivity contribution in [3.05, 3.63) is 53.1 Å². The zero-order valence-corrected chi connectivity index (χ0v) is 22.4. The number of hydrogen-bond acceptors (Lipinski definition) is 6. The van der Waals surface area contributed by atoms with Crippen LogP contribution in [0.15, 0.2) is 41.3 Å². The number of likely N-dealkylation sites (N-methyl/N-ethyl adjacent to an activating group) is 1. The molecular formula is C24H32ClN3O3S2. The molecule has 1 aromatic heterocycles. The molecule has 1 heterocycles. The number of halogens is 1. The lowest BCUT2D eigenvalue weighted by atomic mass is 10.1. The Bertz CT molecular complexity index is 1220. The van der Waals surface area contributed by atoms with Gasteiger partial charge in [0.15, 0.2) is 15.0 Å². The van der Waals surface area contributed by atoms with Crippen LogP contribution >= 0.6 is 23.7 Å². The van der Waals surface area contributed by atoms with Gasteiger partial charge in [-0.25, -0.2) is 13.4 Å². The SMILES string of the molecule is Cc1cc(C)c2nc(N(CCN(C)C)C(=O)Cc3ccc(S(=O)(=O)C(C)C)cc3)sc2c1.Cl. The zero-order valence-electron chi connectivity index (χ0n) is 20.0. The van der Waals surface area contributed by atoms with Crippen LogP contribution in [-0.2, 0) is 21.1 Å². The van der Waals surface area contributed by atoms with Gasteiger partial charge in [-0.3, -0.25) is 9.69 Å². The van der Waals surface area contributed by atoms with E-state index in [2.05, 4.69) is 19.1 Å². The Morgan fingerprint density at radius 2 is 1.70 bits per heavy atom. The molecule has 0 unspecified atom stereocenters. The third kappa shape index (κ3) is 6.32. The largest absolute Gasteiger partial charge is 0.308 e. The fourth-order valence-electron chi connectivity index (χ4n) is 3.44. The van der Waals surface area contributed by atoms with Crippen LogP contribution in [0, 0.1) is 13.8 Å². The van der Waals surface area contributed by atoms with E-state index in [1.54, 1.807) is 43.0 Å². The topological polar surface area (TPSA) is 70.6 Å². The number of carbonyl (C=O) groups is 1. The molecular weight excluding hydrogens is 478 g/mol. The van der Waals surface area contributed by atoms with Gasteiger partial charge in [0.05, 0.1) is 26.8 Å². The summed E-state index contributed by atoms with van der Waals surface area (Å²) in [6, 6.07) is 10.8. The second-order valence-corrected chi connectivity index (χ2v) is 12.2. The molecule has 0 aliphatic rings. The Hall–Kier alpha value is -2.00. The second-order valence-electron chi connectivity index (χ2n) is 8.69. The first-order valence-corrected chi connectivity index (χ1v) is 13.0. The molecule has 0 spiro atoms. The van der Waals surface area contributed by atoms with Crippen molar-refractivity contribution in [2.45, 2.75) is 44.3 Å². The summed E-state index contributed by atoms with van der Waals surface area (Å²) in [5.41, 5.74) is 3.99. The molecule has 9 heteroatoms. The van der Waals surface area contributed by atoms with E-state index in [9.17, 15) is 13.2 Å². The van der Waals surface area contributed by atoms with Crippen LogP contribution in [-0.4, -0.2) is 56.6 Å². The van der Waals surface area contributed by atoms with E-state index >= 15 is 0 Å². The molecule has 0 bridgehead atoms. The molecule has 3 rings (SSSR count). The second kappa shape index (κ2) is 11.0. The van der Waals surface area contributed by atoms with Crippen LogP contribution in [0.5, 0.6) is 0 Å². The molecule has 3 aromatic rings. The van der Waals surface area contributed by atoms with Crippen molar-refractivity contribution in [1.82, 2.24) is 9.88 Å². The van der Waals surface area contributed by atoms with Crippen molar-refractivity contribution in [2.75, 3.05) is 32.1 Å². The van der Waals surface area contributed by atoms with Gasteiger partial charge in [0.2, 0.25) is 5.91 Å². The minimum Gasteiger partial charge on any atom is -0.308 e. The van der Waals surface area contributed by atoms with Crippen LogP contribution in [0.4, 0.5) is 5.13 Å². The molecule has 33 heavy (non-hydrogen) atoms. The van der Waals surface area contributed by atoms with E-state index in [-0.39, 0.29) is 29.6 Å². The number of nitrogens with zero attached hydrogens (tertiary/aromatic N) is 3. The Morgan fingerprint density at radius 3 is 2.27 bits per heavy atom. The normalized spacial score (nSPS) is 11.8. The maximum atomic E-state index is 13.3. The molecule has 0 aliphatic carbocycles. The van der Waals surface area contributed by atoms with Crippen LogP contribution < -0.4 is 4.90 Å². The quantitative estimate of drug-likeness (QED) is 0.442. The molecule has 2 aromatic carbocycles. The number of rotatable bonds is 8. The van der Waals surface area contributed by atoms with Crippen molar-refractivity contribution in [3.63, 3.8) is 0 Å². The summed E-state index contributed by atoms with van der Waals surface area (Å²) in [6.45, 7) is 8.67. The zero-order chi connectivity index (χ0) is 23.6. The van der Waals surface area contributed by atoms with Crippen LogP contribution in [0.1, 0.15) is 30.5 Å². The van der Waals surface area contributed by atoms with E-state index in [0.717, 1.165) is 21.3 Å². The molecule has 1 amide bonds. The molecule has 0 fully saturated rings. The van der Waals surface area contributed by atoms with Gasteiger partial charge in [-0.05, 0) is 76.7 Å². The summed E-state index contributed by atoms with van der Waals surface area (Å²) in [4.78, 5) is 22.2. The third-order valence-corrected chi connectivity index (χ3v) is 8.54. The monoisotopic (exact) mass is 509 g/mol. The first kappa shape index (κ1) is 27.2. The highest BCUT2D eigenvalue weighted by Gasteiger charge is 2.22. The lowest BCUT2D eigenvalue weighted by molar-refractivity contribution is -0.118. The number of fused-ring (bicyclic) bond motifs is 1. The first-order valence-electron chi connectivity index (χ1n) is 10.6. The number of carbonyl (C=O) groups excluding carboxylic acids is 1. The van der Waals surface area contributed by atoms with Crippen molar-refractivity contribution in [3.8, 4) is 0 Å². The number of benzene rings is 2. The molecule has 0 aliphatic heterocycles. The number of amides is 1. The number of aryl methyl sites for hydroxylation is 2. The highest BCUT2D eigenvalue weighted by atomic mass is 35.5. The van der Waals surface area contributed by atoms with Gasteiger partial charge in [-0.15, -0.1) is 12.4 Å². The van der Waals surface area contributed by atoms with Gasteiger partial charge in [-0.1, -0.05) is 29.5 Å². The maximum Gasteiger partial charge on any atom is 0.233 e. The van der Waals surface area contributed by atoms with Crippen molar-refractivity contribution >= 4 is 54.8 Å². The summed E-state index contributed by atoms with van der Waals surface area (Å²) < 4.78 is 25.8. The number of aromatic nitrogens is 1. The average Bonchev–Trinajstić information content (AvgIpc) is 3.12. The van der Waals surface area contributed by atoms with E-state index in [0.29, 0.717) is 18.2 Å². The van der Waals surface area contributed by atoms with Crippen molar-refractivity contribution < 1.29 is 13.2 Å². The van der Waals surface area contributed by atoms with E-state index in [1.807, 2.05) is 25.9 Å². The summed E-state index contributed by atoms with van der Waals surface area (Å²) >= 11 is 1.53. The Balaban J connectivity index is 0.00000385. The van der Waals surface area contributed by atoms with Crippen LogP contribution in [0.2, 0.25) is 0 Å². The number of thiazole rings is 1. The van der Waals surface area contributed by atoms with Gasteiger partial charge in [0, 0.05) is 13.1 Å². The number of sulfone groups is 1. The van der Waals surface area contributed by atoms with E-state index < -0.39 is 15.1 Å². The molecule has 0 atom stereocenters. The van der Waals surface area contributed by atoms with E-state index in [1.165, 1.54) is 16.9 Å². The van der Waals surface area contributed by atoms with Gasteiger partial charge >= 0.3 is 0 Å². The number of hydrogen-bond donors (Lipinski definition) is 0.